The number of fused-ring (bicyclic) bond motifs is 4. The van der Waals surface area contributed by atoms with Crippen LogP contribution in [0.5, 0.6) is 0 Å². The summed E-state index contributed by atoms with van der Waals surface area (Å²) in [4.78, 5) is 55.2. The average molecular weight is 497 g/mol. The van der Waals surface area contributed by atoms with Gasteiger partial charge in [-0.25, -0.2) is 4.79 Å². The minimum atomic E-state index is -0.817. The molecule has 36 heavy (non-hydrogen) atoms. The number of nitrogens with zero attached hydrogens (tertiary/aromatic N) is 3. The van der Waals surface area contributed by atoms with Crippen LogP contribution in [0.3, 0.4) is 0 Å². The first kappa shape index (κ1) is 25.4. The number of hydrogen-bond acceptors (Lipinski definition) is 6. The summed E-state index contributed by atoms with van der Waals surface area (Å²) in [6, 6.07) is 8.43. The predicted octanol–water partition coefficient (Wildman–Crippen LogP) is 1.47. The fraction of sp³-hybridized carbons (Fsp3) is 0.462. The Balaban J connectivity index is 1.84. The van der Waals surface area contributed by atoms with Gasteiger partial charge in [0.1, 0.15) is 0 Å². The smallest absolute Gasteiger partial charge is 0.318 e. The van der Waals surface area contributed by atoms with Gasteiger partial charge in [0.05, 0.1) is 25.1 Å². The Bertz CT molecular complexity index is 1250. The molecule has 0 spiro atoms. The number of aliphatic hydroxyl groups excluding tert-OH is 1. The van der Waals surface area contributed by atoms with Gasteiger partial charge in [0.25, 0.3) is 11.5 Å². The van der Waals surface area contributed by atoms with Gasteiger partial charge < -0.3 is 29.5 Å². The van der Waals surface area contributed by atoms with E-state index in [1.807, 2.05) is 13.8 Å². The van der Waals surface area contributed by atoms with Crippen molar-refractivity contribution in [1.29, 1.82) is 0 Å². The summed E-state index contributed by atoms with van der Waals surface area (Å²) >= 11 is 0. The number of esters is 1. The van der Waals surface area contributed by atoms with Crippen molar-refractivity contribution < 1.29 is 24.2 Å². The molecule has 1 fully saturated rings. The van der Waals surface area contributed by atoms with Crippen molar-refractivity contribution in [3.05, 3.63) is 58.0 Å². The molecule has 2 N–H and O–H groups in total. The molecule has 4 rings (SSSR count). The Morgan fingerprint density at radius 2 is 1.92 bits per heavy atom. The number of methoxy groups -OCH3 is 1. The van der Waals surface area contributed by atoms with Crippen LogP contribution in [-0.2, 0) is 16.1 Å². The van der Waals surface area contributed by atoms with Gasteiger partial charge in [-0.1, -0.05) is 12.1 Å². The van der Waals surface area contributed by atoms with Gasteiger partial charge >= 0.3 is 12.0 Å². The molecule has 0 unspecified atom stereocenters. The maximum absolute atomic E-state index is 13.7. The van der Waals surface area contributed by atoms with E-state index in [2.05, 4.69) is 5.32 Å². The lowest BCUT2D eigenvalue weighted by Gasteiger charge is -2.38. The van der Waals surface area contributed by atoms with Crippen LogP contribution in [0.1, 0.15) is 35.9 Å². The van der Waals surface area contributed by atoms with Gasteiger partial charge in [0.2, 0.25) is 0 Å². The Labute approximate surface area is 209 Å². The number of carbonyl (C=O) groups excluding carboxylic acids is 3. The van der Waals surface area contributed by atoms with Crippen molar-refractivity contribution in [2.75, 3.05) is 27.8 Å². The lowest BCUT2D eigenvalue weighted by atomic mass is 9.87. The van der Waals surface area contributed by atoms with Gasteiger partial charge in [-0.15, -0.1) is 0 Å². The Morgan fingerprint density at radius 3 is 2.53 bits per heavy atom. The number of urea groups is 1. The Kier molecular flexibility index (Phi) is 6.90. The number of ether oxygens (including phenoxy) is 1. The van der Waals surface area contributed by atoms with Crippen molar-refractivity contribution in [1.82, 2.24) is 19.7 Å². The summed E-state index contributed by atoms with van der Waals surface area (Å²) in [5, 5.41) is 13.1. The summed E-state index contributed by atoms with van der Waals surface area (Å²) in [5.74, 6) is -2.12. The van der Waals surface area contributed by atoms with E-state index in [9.17, 15) is 24.3 Å². The van der Waals surface area contributed by atoms with E-state index in [4.69, 9.17) is 4.74 Å². The zero-order valence-electron chi connectivity index (χ0n) is 21.1. The highest BCUT2D eigenvalue weighted by Crippen LogP contribution is 2.48. The third-order valence-electron chi connectivity index (χ3n) is 6.99. The molecule has 2 bridgehead atoms. The van der Waals surface area contributed by atoms with E-state index in [1.54, 1.807) is 60.0 Å². The summed E-state index contributed by atoms with van der Waals surface area (Å²) in [5.41, 5.74) is 1.68. The molecule has 2 aliphatic heterocycles. The highest BCUT2D eigenvalue weighted by molar-refractivity contribution is 5.95. The van der Waals surface area contributed by atoms with Crippen LogP contribution >= 0.6 is 0 Å². The van der Waals surface area contributed by atoms with Crippen LogP contribution in [-0.4, -0.2) is 77.3 Å². The fourth-order valence-electron chi connectivity index (χ4n) is 5.41. The van der Waals surface area contributed by atoms with Crippen LogP contribution in [0.2, 0.25) is 0 Å². The molecule has 192 valence electrons. The average Bonchev–Trinajstić information content (AvgIpc) is 3.09. The molecule has 1 aromatic carbocycles. The molecule has 2 aromatic rings. The van der Waals surface area contributed by atoms with E-state index >= 15 is 0 Å². The summed E-state index contributed by atoms with van der Waals surface area (Å²) in [6.45, 7) is 3.46. The number of hydrogen-bond donors (Lipinski definition) is 2. The van der Waals surface area contributed by atoms with Crippen molar-refractivity contribution in [2.24, 2.45) is 11.8 Å². The first-order valence-electron chi connectivity index (χ1n) is 11.9. The normalized spacial score (nSPS) is 22.2. The van der Waals surface area contributed by atoms with Crippen LogP contribution in [0.25, 0.3) is 11.1 Å². The van der Waals surface area contributed by atoms with Crippen molar-refractivity contribution in [2.45, 2.75) is 38.5 Å². The molecule has 10 nitrogen and oxygen atoms in total. The quantitative estimate of drug-likeness (QED) is 0.605. The second kappa shape index (κ2) is 9.77. The van der Waals surface area contributed by atoms with Gasteiger partial charge in [-0.05, 0) is 43.7 Å². The molecule has 0 aliphatic carbocycles. The second-order valence-electron chi connectivity index (χ2n) is 9.79. The number of aliphatic hydroxyl groups is 1. The maximum atomic E-state index is 13.7. The molecule has 3 amide bonds. The molecule has 4 atom stereocenters. The van der Waals surface area contributed by atoms with E-state index in [1.165, 1.54) is 12.0 Å². The molecule has 0 radical (unpaired) electrons. The first-order valence-corrected chi connectivity index (χ1v) is 11.9. The molecule has 1 aromatic heterocycles. The van der Waals surface area contributed by atoms with Gasteiger partial charge in [0, 0.05) is 56.0 Å². The second-order valence-corrected chi connectivity index (χ2v) is 9.79. The van der Waals surface area contributed by atoms with Crippen LogP contribution in [0.15, 0.2) is 41.2 Å². The summed E-state index contributed by atoms with van der Waals surface area (Å²) in [6.07, 6.45) is 0. The first-order chi connectivity index (χ1) is 17.1. The largest absolute Gasteiger partial charge is 0.469 e. The van der Waals surface area contributed by atoms with Gasteiger partial charge in [0.15, 0.2) is 0 Å². The van der Waals surface area contributed by atoms with Crippen LogP contribution in [0.4, 0.5) is 4.79 Å². The van der Waals surface area contributed by atoms with E-state index in [0.29, 0.717) is 22.4 Å². The van der Waals surface area contributed by atoms with Crippen molar-refractivity contribution >= 4 is 17.9 Å². The van der Waals surface area contributed by atoms with Crippen LogP contribution < -0.4 is 10.9 Å². The zero-order chi connectivity index (χ0) is 26.3. The summed E-state index contributed by atoms with van der Waals surface area (Å²) < 4.78 is 6.62. The van der Waals surface area contributed by atoms with Gasteiger partial charge in [-0.2, -0.15) is 0 Å². The standard InChI is InChI=1S/C26H32N4O6/c1-14(2)27-26(35)30-20-12-29-19(22(30)21(18(20)13-31)25(34)36-5)10-9-17(24(29)33)15-7-6-8-16(11-15)23(32)28(3)4/h6-11,14,18,20-22,31H,12-13H2,1-5H3,(H,27,35)/t18-,20-,21+,22+/m0/s1. The monoisotopic (exact) mass is 496 g/mol. The lowest BCUT2D eigenvalue weighted by molar-refractivity contribution is -0.148. The van der Waals surface area contributed by atoms with Crippen molar-refractivity contribution in [3.8, 4) is 11.1 Å². The van der Waals surface area contributed by atoms with E-state index in [-0.39, 0.29) is 36.7 Å². The molecule has 0 saturated carbocycles. The Morgan fingerprint density at radius 1 is 1.19 bits per heavy atom. The maximum Gasteiger partial charge on any atom is 0.318 e. The highest BCUT2D eigenvalue weighted by atomic mass is 16.5. The molecular weight excluding hydrogens is 464 g/mol. The third kappa shape index (κ3) is 4.15. The molecule has 1 saturated heterocycles. The van der Waals surface area contributed by atoms with E-state index in [0.717, 1.165) is 0 Å². The molecule has 2 aliphatic rings. The number of pyridine rings is 1. The third-order valence-corrected chi connectivity index (χ3v) is 6.99. The minimum Gasteiger partial charge on any atom is -0.469 e. The van der Waals surface area contributed by atoms with Gasteiger partial charge in [-0.3, -0.25) is 14.4 Å². The SMILES string of the molecule is COC(=O)[C@@H]1[C@@H](CO)[C@@H]2Cn3c(ccc(-c4cccc(C(=O)N(C)C)c4)c3=O)[C@H]1N2C(=O)NC(C)C. The number of amides is 3. The predicted molar refractivity (Wildman–Crippen MR) is 132 cm³/mol. The van der Waals surface area contributed by atoms with Crippen molar-refractivity contribution in [3.63, 3.8) is 0 Å². The summed E-state index contributed by atoms with van der Waals surface area (Å²) in [7, 11) is 4.60. The number of nitrogens with one attached hydrogen (secondary N) is 1. The highest BCUT2D eigenvalue weighted by Gasteiger charge is 2.58. The number of rotatable bonds is 5. The zero-order valence-corrected chi connectivity index (χ0v) is 21.1. The lowest BCUT2D eigenvalue weighted by Crippen LogP contribution is -2.53. The fourth-order valence-corrected chi connectivity index (χ4v) is 5.41. The number of carbonyl (C=O) groups is 3. The number of benzene rings is 1. The van der Waals surface area contributed by atoms with E-state index < -0.39 is 29.9 Å². The minimum absolute atomic E-state index is 0.124. The molecule has 3 heterocycles. The number of aromatic nitrogens is 1. The Hall–Kier alpha value is -3.66. The topological polar surface area (TPSA) is 121 Å². The van der Waals surface area contributed by atoms with Crippen LogP contribution in [0, 0.1) is 11.8 Å². The molecular formula is C26H32N4O6. The molecule has 10 heteroatoms.